The number of pyridine rings is 1. The molecule has 1 rings (SSSR count). The van der Waals surface area contributed by atoms with Gasteiger partial charge in [-0.25, -0.2) is 4.79 Å². The molecule has 0 aliphatic carbocycles. The number of aromatic amines is 1. The summed E-state index contributed by atoms with van der Waals surface area (Å²) in [5, 5.41) is 8.61. The van der Waals surface area contributed by atoms with Crippen molar-refractivity contribution in [2.45, 2.75) is 13.3 Å². The van der Waals surface area contributed by atoms with Crippen molar-refractivity contribution in [3.8, 4) is 0 Å². The lowest BCUT2D eigenvalue weighted by atomic mass is 10.2. The molecule has 0 saturated heterocycles. The normalized spacial score (nSPS) is 10.0. The zero-order valence-corrected chi connectivity index (χ0v) is 8.51. The minimum absolute atomic E-state index is 0.246. The number of carbonyl (C=O) groups is 1. The average Bonchev–Trinajstić information content (AvgIpc) is 2.09. The van der Waals surface area contributed by atoms with Gasteiger partial charge in [0.1, 0.15) is 5.56 Å². The van der Waals surface area contributed by atoms with E-state index in [0.717, 1.165) is 0 Å². The second kappa shape index (κ2) is 3.74. The number of carboxylic acid groups (broad SMARTS) is 1. The van der Waals surface area contributed by atoms with Gasteiger partial charge in [-0.15, -0.1) is 0 Å². The van der Waals surface area contributed by atoms with E-state index in [2.05, 4.69) is 20.9 Å². The molecule has 0 saturated carbocycles. The SMILES string of the molecule is CCc1[nH]cc(C(=O)O)c(=O)c1Br. The van der Waals surface area contributed by atoms with E-state index in [1.807, 2.05) is 6.92 Å². The summed E-state index contributed by atoms with van der Waals surface area (Å²) in [4.78, 5) is 24.6. The van der Waals surface area contributed by atoms with Crippen molar-refractivity contribution in [3.63, 3.8) is 0 Å². The summed E-state index contributed by atoms with van der Waals surface area (Å²) in [6, 6.07) is 0. The predicted octanol–water partition coefficient (Wildman–Crippen LogP) is 1.40. The summed E-state index contributed by atoms with van der Waals surface area (Å²) in [6.45, 7) is 1.87. The number of halogens is 1. The third-order valence-electron chi connectivity index (χ3n) is 1.68. The van der Waals surface area contributed by atoms with Gasteiger partial charge < -0.3 is 10.1 Å². The van der Waals surface area contributed by atoms with Crippen LogP contribution in [0.2, 0.25) is 0 Å². The molecule has 2 N–H and O–H groups in total. The first-order valence-electron chi connectivity index (χ1n) is 3.71. The summed E-state index contributed by atoms with van der Waals surface area (Å²) in [5.41, 5.74) is -0.0258. The van der Waals surface area contributed by atoms with Crippen LogP contribution in [0.1, 0.15) is 23.0 Å². The summed E-state index contributed by atoms with van der Waals surface area (Å²) in [5.74, 6) is -1.22. The molecule has 1 heterocycles. The van der Waals surface area contributed by atoms with E-state index in [-0.39, 0.29) is 5.56 Å². The van der Waals surface area contributed by atoms with Gasteiger partial charge in [0, 0.05) is 11.9 Å². The van der Waals surface area contributed by atoms with E-state index in [9.17, 15) is 9.59 Å². The van der Waals surface area contributed by atoms with Crippen LogP contribution in [0.25, 0.3) is 0 Å². The monoisotopic (exact) mass is 245 g/mol. The molecule has 0 spiro atoms. The number of hydrogen-bond donors (Lipinski definition) is 2. The number of aromatic carboxylic acids is 1. The predicted molar refractivity (Wildman–Crippen MR) is 51.1 cm³/mol. The van der Waals surface area contributed by atoms with E-state index in [0.29, 0.717) is 16.6 Å². The van der Waals surface area contributed by atoms with Crippen LogP contribution in [0.15, 0.2) is 15.5 Å². The molecule has 0 amide bonds. The summed E-state index contributed by atoms with van der Waals surface area (Å²) >= 11 is 3.05. The van der Waals surface area contributed by atoms with Gasteiger partial charge in [-0.1, -0.05) is 6.92 Å². The highest BCUT2D eigenvalue weighted by molar-refractivity contribution is 9.10. The van der Waals surface area contributed by atoms with Crippen molar-refractivity contribution in [2.24, 2.45) is 0 Å². The molecule has 0 radical (unpaired) electrons. The zero-order chi connectivity index (χ0) is 10.0. The molecular formula is C8H8BrNO3. The van der Waals surface area contributed by atoms with Gasteiger partial charge >= 0.3 is 5.97 Å². The molecule has 0 bridgehead atoms. The summed E-state index contributed by atoms with van der Waals surface area (Å²) in [7, 11) is 0. The van der Waals surface area contributed by atoms with Gasteiger partial charge in [-0.2, -0.15) is 0 Å². The van der Waals surface area contributed by atoms with Gasteiger partial charge in [0.05, 0.1) is 4.47 Å². The summed E-state index contributed by atoms with van der Waals surface area (Å²) in [6.07, 6.45) is 1.87. The first kappa shape index (κ1) is 9.98. The maximum absolute atomic E-state index is 11.3. The van der Waals surface area contributed by atoms with Crippen LogP contribution < -0.4 is 5.43 Å². The number of rotatable bonds is 2. The molecule has 13 heavy (non-hydrogen) atoms. The quantitative estimate of drug-likeness (QED) is 0.828. The highest BCUT2D eigenvalue weighted by atomic mass is 79.9. The molecule has 0 aliphatic rings. The smallest absolute Gasteiger partial charge is 0.341 e. The lowest BCUT2D eigenvalue weighted by Gasteiger charge is -2.01. The molecule has 0 aromatic carbocycles. The van der Waals surface area contributed by atoms with Gasteiger partial charge in [0.15, 0.2) is 0 Å². The second-order valence-electron chi connectivity index (χ2n) is 2.48. The van der Waals surface area contributed by atoms with Crippen LogP contribution in [0.3, 0.4) is 0 Å². The van der Waals surface area contributed by atoms with Gasteiger partial charge in [0.25, 0.3) is 0 Å². The Bertz CT molecular complexity index is 397. The Labute approximate surface area is 82.7 Å². The molecule has 4 nitrogen and oxygen atoms in total. The number of aryl methyl sites for hydroxylation is 1. The van der Waals surface area contributed by atoms with Crippen LogP contribution >= 0.6 is 15.9 Å². The Morgan fingerprint density at radius 2 is 2.31 bits per heavy atom. The third-order valence-corrected chi connectivity index (χ3v) is 2.52. The van der Waals surface area contributed by atoms with Crippen LogP contribution in [-0.4, -0.2) is 16.1 Å². The van der Waals surface area contributed by atoms with Gasteiger partial charge in [-0.05, 0) is 22.4 Å². The van der Waals surface area contributed by atoms with E-state index >= 15 is 0 Å². The molecule has 0 unspecified atom stereocenters. The topological polar surface area (TPSA) is 70.2 Å². The number of H-pyrrole nitrogens is 1. The molecule has 70 valence electrons. The molecule has 0 atom stereocenters. The first-order chi connectivity index (χ1) is 6.07. The standard InChI is InChI=1S/C8H8BrNO3/c1-2-5-6(9)7(11)4(3-10-5)8(12)13/h3H,2H2,1H3,(H,10,11)(H,12,13). The third kappa shape index (κ3) is 1.80. The van der Waals surface area contributed by atoms with Crippen molar-refractivity contribution in [2.75, 3.05) is 0 Å². The fourth-order valence-electron chi connectivity index (χ4n) is 0.960. The molecular weight excluding hydrogens is 238 g/mol. The Balaban J connectivity index is 3.40. The van der Waals surface area contributed by atoms with Crippen molar-refractivity contribution in [1.29, 1.82) is 0 Å². The van der Waals surface area contributed by atoms with E-state index < -0.39 is 11.4 Å². The Morgan fingerprint density at radius 1 is 1.69 bits per heavy atom. The fourth-order valence-corrected chi connectivity index (χ4v) is 1.57. The highest BCUT2D eigenvalue weighted by Gasteiger charge is 2.12. The second-order valence-corrected chi connectivity index (χ2v) is 3.28. The van der Waals surface area contributed by atoms with E-state index in [1.54, 1.807) is 0 Å². The minimum Gasteiger partial charge on any atom is -0.477 e. The minimum atomic E-state index is -1.22. The fraction of sp³-hybridized carbons (Fsp3) is 0.250. The van der Waals surface area contributed by atoms with Gasteiger partial charge in [0.2, 0.25) is 5.43 Å². The van der Waals surface area contributed by atoms with E-state index in [4.69, 9.17) is 5.11 Å². The van der Waals surface area contributed by atoms with Crippen LogP contribution in [0.5, 0.6) is 0 Å². The Hall–Kier alpha value is -1.10. The number of aromatic nitrogens is 1. The number of carboxylic acids is 1. The Kier molecular flexibility index (Phi) is 2.87. The molecule has 5 heteroatoms. The first-order valence-corrected chi connectivity index (χ1v) is 4.50. The molecule has 1 aromatic heterocycles. The van der Waals surface area contributed by atoms with Crippen LogP contribution in [0, 0.1) is 0 Å². The Morgan fingerprint density at radius 3 is 2.77 bits per heavy atom. The van der Waals surface area contributed by atoms with Crippen molar-refractivity contribution < 1.29 is 9.90 Å². The lowest BCUT2D eigenvalue weighted by Crippen LogP contribution is -2.17. The largest absolute Gasteiger partial charge is 0.477 e. The van der Waals surface area contributed by atoms with Crippen LogP contribution in [-0.2, 0) is 6.42 Å². The molecule has 0 aliphatic heterocycles. The maximum Gasteiger partial charge on any atom is 0.341 e. The zero-order valence-electron chi connectivity index (χ0n) is 6.93. The maximum atomic E-state index is 11.3. The van der Waals surface area contributed by atoms with Crippen LogP contribution in [0.4, 0.5) is 0 Å². The lowest BCUT2D eigenvalue weighted by molar-refractivity contribution is 0.0695. The summed E-state index contributed by atoms with van der Waals surface area (Å²) < 4.78 is 0.301. The van der Waals surface area contributed by atoms with E-state index in [1.165, 1.54) is 6.20 Å². The van der Waals surface area contributed by atoms with Gasteiger partial charge in [-0.3, -0.25) is 4.79 Å². The highest BCUT2D eigenvalue weighted by Crippen LogP contribution is 2.10. The molecule has 1 aromatic rings. The van der Waals surface area contributed by atoms with Crippen molar-refractivity contribution >= 4 is 21.9 Å². The number of hydrogen-bond acceptors (Lipinski definition) is 2. The van der Waals surface area contributed by atoms with Crippen molar-refractivity contribution in [3.05, 3.63) is 32.2 Å². The number of nitrogens with one attached hydrogen (secondary N) is 1. The van der Waals surface area contributed by atoms with Crippen molar-refractivity contribution in [1.82, 2.24) is 4.98 Å². The molecule has 0 fully saturated rings. The average molecular weight is 246 g/mol.